The van der Waals surface area contributed by atoms with E-state index in [1.165, 1.54) is 7.11 Å². The van der Waals surface area contributed by atoms with Gasteiger partial charge in [-0.2, -0.15) is 0 Å². The monoisotopic (exact) mass is 311 g/mol. The standard InChI is InChI=1S/C15H18ClNO4/c1-17(7-3-4-14(18)20-2)15(19)13-9-10-8-11(16)5-6-12(10)21-13/h5-6,8,13H,3-4,7,9H2,1-2H3. The number of carbonyl (C=O) groups excluding carboxylic acids is 2. The molecule has 0 aliphatic carbocycles. The maximum Gasteiger partial charge on any atom is 0.305 e. The largest absolute Gasteiger partial charge is 0.480 e. The van der Waals surface area contributed by atoms with Crippen LogP contribution in [0.2, 0.25) is 5.02 Å². The number of hydrogen-bond acceptors (Lipinski definition) is 4. The Morgan fingerprint density at radius 1 is 1.48 bits per heavy atom. The number of amides is 1. The van der Waals surface area contributed by atoms with E-state index in [4.69, 9.17) is 16.3 Å². The molecule has 0 bridgehead atoms. The number of carbonyl (C=O) groups is 2. The van der Waals surface area contributed by atoms with Gasteiger partial charge in [0.25, 0.3) is 5.91 Å². The van der Waals surface area contributed by atoms with Crippen LogP contribution >= 0.6 is 11.6 Å². The number of halogens is 1. The van der Waals surface area contributed by atoms with Crippen LogP contribution in [-0.4, -0.2) is 43.6 Å². The molecule has 0 saturated heterocycles. The first-order valence-corrected chi connectivity index (χ1v) is 7.16. The van der Waals surface area contributed by atoms with Crippen molar-refractivity contribution in [2.75, 3.05) is 20.7 Å². The van der Waals surface area contributed by atoms with Crippen LogP contribution in [0.4, 0.5) is 0 Å². The molecule has 0 fully saturated rings. The molecule has 1 aromatic carbocycles. The van der Waals surface area contributed by atoms with E-state index in [0.29, 0.717) is 36.6 Å². The zero-order valence-electron chi connectivity index (χ0n) is 12.1. The predicted molar refractivity (Wildman–Crippen MR) is 78.5 cm³/mol. The molecule has 1 amide bonds. The van der Waals surface area contributed by atoms with Gasteiger partial charge in [-0.05, 0) is 30.2 Å². The molecule has 1 atom stereocenters. The molecule has 0 radical (unpaired) electrons. The number of benzene rings is 1. The van der Waals surface area contributed by atoms with Crippen molar-refractivity contribution >= 4 is 23.5 Å². The molecule has 2 rings (SSSR count). The van der Waals surface area contributed by atoms with E-state index < -0.39 is 6.10 Å². The fraction of sp³-hybridized carbons (Fsp3) is 0.467. The molecule has 1 heterocycles. The van der Waals surface area contributed by atoms with Gasteiger partial charge in [-0.1, -0.05) is 11.6 Å². The zero-order chi connectivity index (χ0) is 15.4. The Kier molecular flexibility index (Phi) is 5.07. The Labute approximate surface area is 128 Å². The van der Waals surface area contributed by atoms with Crippen LogP contribution in [0.15, 0.2) is 18.2 Å². The summed E-state index contributed by atoms with van der Waals surface area (Å²) in [5, 5.41) is 0.636. The van der Waals surface area contributed by atoms with Gasteiger partial charge in [0.05, 0.1) is 7.11 Å². The van der Waals surface area contributed by atoms with Crippen LogP contribution in [-0.2, 0) is 20.7 Å². The summed E-state index contributed by atoms with van der Waals surface area (Å²) in [7, 11) is 3.06. The first-order valence-electron chi connectivity index (χ1n) is 6.78. The number of ether oxygens (including phenoxy) is 2. The average Bonchev–Trinajstić information content (AvgIpc) is 2.88. The number of rotatable bonds is 5. The minimum atomic E-state index is -0.512. The van der Waals surface area contributed by atoms with Gasteiger partial charge in [0.15, 0.2) is 6.10 Å². The van der Waals surface area contributed by atoms with Crippen LogP contribution in [0.25, 0.3) is 0 Å². The maximum absolute atomic E-state index is 12.3. The van der Waals surface area contributed by atoms with Gasteiger partial charge >= 0.3 is 5.97 Å². The number of methoxy groups -OCH3 is 1. The number of fused-ring (bicyclic) bond motifs is 1. The second kappa shape index (κ2) is 6.80. The molecule has 1 unspecified atom stereocenters. The molecule has 114 valence electrons. The average molecular weight is 312 g/mol. The molecule has 0 aromatic heterocycles. The molecular formula is C15H18ClNO4. The third-order valence-electron chi connectivity index (χ3n) is 3.45. The fourth-order valence-electron chi connectivity index (χ4n) is 2.27. The predicted octanol–water partition coefficient (Wildman–Crippen LogP) is 2.06. The van der Waals surface area contributed by atoms with E-state index in [2.05, 4.69) is 4.74 Å². The van der Waals surface area contributed by atoms with E-state index in [-0.39, 0.29) is 11.9 Å². The number of hydrogen-bond donors (Lipinski definition) is 0. The van der Waals surface area contributed by atoms with Gasteiger partial charge < -0.3 is 14.4 Å². The molecule has 0 spiro atoms. The van der Waals surface area contributed by atoms with Crippen LogP contribution in [0, 0.1) is 0 Å². The van der Waals surface area contributed by atoms with Crippen molar-refractivity contribution in [1.82, 2.24) is 4.90 Å². The lowest BCUT2D eigenvalue weighted by Gasteiger charge is -2.20. The van der Waals surface area contributed by atoms with Crippen molar-refractivity contribution in [3.63, 3.8) is 0 Å². The van der Waals surface area contributed by atoms with Crippen molar-refractivity contribution in [2.24, 2.45) is 0 Å². The lowest BCUT2D eigenvalue weighted by atomic mass is 10.1. The smallest absolute Gasteiger partial charge is 0.305 e. The maximum atomic E-state index is 12.3. The summed E-state index contributed by atoms with van der Waals surface area (Å²) in [4.78, 5) is 24.9. The van der Waals surface area contributed by atoms with Crippen molar-refractivity contribution < 1.29 is 19.1 Å². The molecule has 1 aromatic rings. The zero-order valence-corrected chi connectivity index (χ0v) is 12.9. The van der Waals surface area contributed by atoms with E-state index in [9.17, 15) is 9.59 Å². The highest BCUT2D eigenvalue weighted by atomic mass is 35.5. The van der Waals surface area contributed by atoms with Crippen LogP contribution in [0.5, 0.6) is 5.75 Å². The quantitative estimate of drug-likeness (QED) is 0.781. The minimum absolute atomic E-state index is 0.0906. The SMILES string of the molecule is COC(=O)CCCN(C)C(=O)C1Cc2cc(Cl)ccc2O1. The number of nitrogens with zero attached hydrogens (tertiary/aromatic N) is 1. The lowest BCUT2D eigenvalue weighted by Crippen LogP contribution is -2.39. The Bertz CT molecular complexity index is 546. The van der Waals surface area contributed by atoms with Crippen molar-refractivity contribution in [3.05, 3.63) is 28.8 Å². The van der Waals surface area contributed by atoms with Gasteiger partial charge in [-0.25, -0.2) is 0 Å². The molecular weight excluding hydrogens is 294 g/mol. The fourth-order valence-corrected chi connectivity index (χ4v) is 2.47. The number of likely N-dealkylation sites (N-methyl/N-ethyl adjacent to an activating group) is 1. The van der Waals surface area contributed by atoms with E-state index >= 15 is 0 Å². The summed E-state index contributed by atoms with van der Waals surface area (Å²) < 4.78 is 10.2. The summed E-state index contributed by atoms with van der Waals surface area (Å²) in [6.07, 6.45) is 0.882. The van der Waals surface area contributed by atoms with Crippen LogP contribution in [0.1, 0.15) is 18.4 Å². The third kappa shape index (κ3) is 3.88. The van der Waals surface area contributed by atoms with Crippen molar-refractivity contribution in [2.45, 2.75) is 25.4 Å². The van der Waals surface area contributed by atoms with Crippen LogP contribution in [0.3, 0.4) is 0 Å². The minimum Gasteiger partial charge on any atom is -0.480 e. The normalized spacial score (nSPS) is 16.0. The topological polar surface area (TPSA) is 55.8 Å². The van der Waals surface area contributed by atoms with Gasteiger partial charge in [-0.3, -0.25) is 9.59 Å². The van der Waals surface area contributed by atoms with E-state index in [1.54, 1.807) is 24.1 Å². The lowest BCUT2D eigenvalue weighted by molar-refractivity contribution is -0.142. The molecule has 5 nitrogen and oxygen atoms in total. The van der Waals surface area contributed by atoms with E-state index in [0.717, 1.165) is 5.56 Å². The molecule has 1 aliphatic rings. The first kappa shape index (κ1) is 15.6. The second-order valence-corrected chi connectivity index (χ2v) is 5.44. The summed E-state index contributed by atoms with van der Waals surface area (Å²) >= 11 is 5.93. The Balaban J connectivity index is 1.86. The van der Waals surface area contributed by atoms with Crippen LogP contribution < -0.4 is 4.74 Å². The summed E-state index contributed by atoms with van der Waals surface area (Å²) in [5.41, 5.74) is 0.948. The number of esters is 1. The van der Waals surface area contributed by atoms with E-state index in [1.807, 2.05) is 6.07 Å². The molecule has 6 heteroatoms. The molecule has 0 saturated carbocycles. The summed E-state index contributed by atoms with van der Waals surface area (Å²) in [6.45, 7) is 0.491. The molecule has 1 aliphatic heterocycles. The Morgan fingerprint density at radius 3 is 2.95 bits per heavy atom. The van der Waals surface area contributed by atoms with Crippen molar-refractivity contribution in [1.29, 1.82) is 0 Å². The highest BCUT2D eigenvalue weighted by Crippen LogP contribution is 2.31. The van der Waals surface area contributed by atoms with Gasteiger partial charge in [0, 0.05) is 31.5 Å². The Hall–Kier alpha value is -1.75. The highest BCUT2D eigenvalue weighted by Gasteiger charge is 2.31. The highest BCUT2D eigenvalue weighted by molar-refractivity contribution is 6.30. The Morgan fingerprint density at radius 2 is 2.24 bits per heavy atom. The van der Waals surface area contributed by atoms with Gasteiger partial charge in [0.1, 0.15) is 5.75 Å². The molecule has 0 N–H and O–H groups in total. The van der Waals surface area contributed by atoms with Crippen molar-refractivity contribution in [3.8, 4) is 5.75 Å². The van der Waals surface area contributed by atoms with Gasteiger partial charge in [0.2, 0.25) is 0 Å². The second-order valence-electron chi connectivity index (χ2n) is 5.00. The summed E-state index contributed by atoms with van der Waals surface area (Å²) in [6, 6.07) is 5.34. The molecule has 21 heavy (non-hydrogen) atoms. The van der Waals surface area contributed by atoms with Gasteiger partial charge in [-0.15, -0.1) is 0 Å². The first-order chi connectivity index (χ1) is 10.0. The third-order valence-corrected chi connectivity index (χ3v) is 3.69. The summed E-state index contributed by atoms with van der Waals surface area (Å²) in [5.74, 6) is 0.350.